The summed E-state index contributed by atoms with van der Waals surface area (Å²) in [5.74, 6) is 9.48. The van der Waals surface area contributed by atoms with Crippen molar-refractivity contribution in [3.05, 3.63) is 87.5 Å². The maximum absolute atomic E-state index is 9.55. The van der Waals surface area contributed by atoms with Gasteiger partial charge in [0.05, 0.1) is 5.57 Å². The first-order chi connectivity index (χ1) is 29.6. The van der Waals surface area contributed by atoms with E-state index in [1.165, 1.54) is 189 Å². The summed E-state index contributed by atoms with van der Waals surface area (Å²) in [6.45, 7) is 13.5. The van der Waals surface area contributed by atoms with Crippen LogP contribution < -0.4 is 0 Å². The molecule has 0 bridgehead atoms. The van der Waals surface area contributed by atoms with Crippen LogP contribution in [0.5, 0.6) is 0 Å². The van der Waals surface area contributed by atoms with Crippen LogP contribution in [0.2, 0.25) is 0 Å². The number of unbranched alkanes of at least 4 members (excludes halogenated alkanes) is 21. The Labute approximate surface area is 378 Å². The van der Waals surface area contributed by atoms with Crippen LogP contribution in [0.1, 0.15) is 250 Å². The van der Waals surface area contributed by atoms with E-state index in [4.69, 9.17) is 0 Å². The van der Waals surface area contributed by atoms with Crippen LogP contribution in [-0.2, 0) is 27.3 Å². The van der Waals surface area contributed by atoms with Gasteiger partial charge in [-0.25, -0.2) is 0 Å². The van der Waals surface area contributed by atoms with E-state index in [-0.39, 0.29) is 0 Å². The van der Waals surface area contributed by atoms with Gasteiger partial charge in [-0.1, -0.05) is 121 Å². The van der Waals surface area contributed by atoms with Gasteiger partial charge in [-0.2, -0.15) is 0 Å². The van der Waals surface area contributed by atoms with E-state index < -0.39 is 0 Å². The van der Waals surface area contributed by atoms with Crippen LogP contribution in [0.4, 0.5) is 0 Å². The second kappa shape index (κ2) is 41.3. The summed E-state index contributed by atoms with van der Waals surface area (Å²) in [6, 6.07) is 18.4. The van der Waals surface area contributed by atoms with E-state index in [1.807, 2.05) is 0 Å². The quantitative estimate of drug-likeness (QED) is 0.0134. The Balaban J connectivity index is 0.000000674. The fourth-order valence-electron chi connectivity index (χ4n) is 7.53. The van der Waals surface area contributed by atoms with Crippen LogP contribution in [0.3, 0.4) is 0 Å². The third-order valence-corrected chi connectivity index (χ3v) is 11.9. The molecule has 0 N–H and O–H groups in total. The topological polar surface area (TPSA) is 36.4 Å². The summed E-state index contributed by atoms with van der Waals surface area (Å²) < 4.78 is 0. The van der Waals surface area contributed by atoms with Gasteiger partial charge >= 0.3 is 159 Å². The predicted molar refractivity (Wildman–Crippen MR) is 262 cm³/mol. The van der Waals surface area contributed by atoms with Crippen LogP contribution >= 0.6 is 0 Å². The van der Waals surface area contributed by atoms with E-state index in [0.29, 0.717) is 0 Å². The smallest absolute Gasteiger partial charge is 0.303 e. The summed E-state index contributed by atoms with van der Waals surface area (Å²) in [5, 5.41) is 0. The van der Waals surface area contributed by atoms with Gasteiger partial charge in [0, 0.05) is 0 Å². The van der Waals surface area contributed by atoms with Gasteiger partial charge in [-0.3, -0.25) is 0 Å². The Kier molecular flexibility index (Phi) is 37.9. The maximum Gasteiger partial charge on any atom is 0.303 e. The van der Waals surface area contributed by atoms with Crippen LogP contribution in [-0.4, -0.2) is 10.7 Å². The van der Waals surface area contributed by atoms with E-state index in [9.17, 15) is 5.53 Å². The van der Waals surface area contributed by atoms with E-state index in [2.05, 4.69) is 122 Å². The first-order valence-corrected chi connectivity index (χ1v) is 26.0. The minimum absolute atomic E-state index is 0.886. The molecule has 0 aliphatic carbocycles. The van der Waals surface area contributed by atoms with Gasteiger partial charge < -0.3 is 5.53 Å². The zero-order valence-electron chi connectivity index (χ0n) is 39.7. The van der Waals surface area contributed by atoms with Crippen molar-refractivity contribution in [2.45, 2.75) is 241 Å². The minimum Gasteiger partial charge on any atom is -0.348 e. The van der Waals surface area contributed by atoms with Crippen LogP contribution in [0, 0.1) is 21.6 Å². The number of hydrogen-bond acceptors (Lipinski definition) is 0. The van der Waals surface area contributed by atoms with Crippen molar-refractivity contribution in [1.29, 1.82) is 0 Å². The molecule has 0 unspecified atom stereocenters. The second-order valence-corrected chi connectivity index (χ2v) is 17.5. The van der Waals surface area contributed by atoms with Crippen molar-refractivity contribution < 1.29 is 19.2 Å². The van der Waals surface area contributed by atoms with Crippen molar-refractivity contribution in [2.24, 2.45) is 0 Å². The molecule has 0 radical (unpaired) electrons. The van der Waals surface area contributed by atoms with Gasteiger partial charge in [-0.15, -0.1) is 4.79 Å². The second-order valence-electron chi connectivity index (χ2n) is 16.7. The number of allylic oxidation sites excluding steroid dienone is 2. The number of nitrogens with zero attached hydrogens (tertiary/aromatic N) is 2. The molecule has 60 heavy (non-hydrogen) atoms. The van der Waals surface area contributed by atoms with Crippen molar-refractivity contribution >= 4 is 11.4 Å². The minimum atomic E-state index is 0.886. The average Bonchev–Trinajstić information content (AvgIpc) is 3.27. The molecule has 2 aromatic rings. The Hall–Kier alpha value is -3.05. The van der Waals surface area contributed by atoms with Gasteiger partial charge in [0.15, 0.2) is 0 Å². The molecule has 0 saturated heterocycles. The zero-order valence-corrected chi connectivity index (χ0v) is 40.7. The first-order valence-electron chi connectivity index (χ1n) is 25.0. The number of rotatable bonds is 32. The molecular weight excluding hydrogens is 771 g/mol. The van der Waals surface area contributed by atoms with Crippen molar-refractivity contribution in [3.8, 4) is 21.6 Å². The fourth-order valence-corrected chi connectivity index (χ4v) is 8.02. The summed E-state index contributed by atoms with van der Waals surface area (Å²) >= 11 is 1.30. The van der Waals surface area contributed by atoms with Crippen LogP contribution in [0.25, 0.3) is 11.1 Å². The molecule has 0 spiro atoms. The molecule has 0 aromatic heterocycles. The summed E-state index contributed by atoms with van der Waals surface area (Å²) in [4.78, 5) is 9.68. The van der Waals surface area contributed by atoms with Crippen molar-refractivity contribution in [2.75, 3.05) is 0 Å². The van der Waals surface area contributed by atoms with E-state index in [1.54, 1.807) is 0 Å². The summed E-state index contributed by atoms with van der Waals surface area (Å²) in [5.41, 5.74) is 18.5. The van der Waals surface area contributed by atoms with Gasteiger partial charge in [-0.05, 0) is 84.8 Å². The van der Waals surface area contributed by atoms with Gasteiger partial charge in [0.25, 0.3) is 0 Å². The molecule has 0 amide bonds. The Morgan fingerprint density at radius 3 is 1.53 bits per heavy atom. The molecule has 336 valence electrons. The molecule has 2 nitrogen and oxygen atoms in total. The summed E-state index contributed by atoms with van der Waals surface area (Å²) in [7, 11) is 0. The first kappa shape index (κ1) is 55.0. The SMILES string of the molecule is CCCCCCCCCC#[C][Ni][C]#CCCCCCCCCC.CCCCCCc1cccc(C(=C(CCCCC)C(=C=[N+]=[N-])CCCC)c2ccc(CCCC)cc2)c1. The van der Waals surface area contributed by atoms with Crippen LogP contribution in [0.15, 0.2) is 59.7 Å². The maximum atomic E-state index is 9.55. The molecule has 0 aliphatic rings. The number of hydrogen-bond donors (Lipinski definition) is 0. The third kappa shape index (κ3) is 28.5. The molecule has 0 heterocycles. The van der Waals surface area contributed by atoms with Crippen molar-refractivity contribution in [1.82, 2.24) is 0 Å². The van der Waals surface area contributed by atoms with E-state index >= 15 is 0 Å². The molecule has 0 fully saturated rings. The Bertz CT molecular complexity index is 1550. The molecule has 3 heteroatoms. The van der Waals surface area contributed by atoms with Crippen molar-refractivity contribution in [3.63, 3.8) is 0 Å². The average molecular weight is 860 g/mol. The Morgan fingerprint density at radius 1 is 0.483 bits per heavy atom. The van der Waals surface area contributed by atoms with Gasteiger partial charge in [0.2, 0.25) is 0 Å². The molecule has 2 aromatic carbocycles. The van der Waals surface area contributed by atoms with E-state index in [0.717, 1.165) is 63.4 Å². The number of aryl methyl sites for hydroxylation is 2. The Morgan fingerprint density at radius 2 is 0.983 bits per heavy atom. The monoisotopic (exact) mass is 859 g/mol. The zero-order chi connectivity index (χ0) is 43.6. The molecule has 0 aliphatic heterocycles. The standard InChI is InChI=1S/C35H50N2.2C11H19.Ni/c1-5-9-13-15-18-30-19-16-21-32(27-30)35(31-25-23-29(24-26-31)17-11-7-3)34(22-14-10-6-2)33(28-37-36)20-12-8-4;2*1-3-5-7-9-11-10-8-6-4-2;/h16,19,21,23-27H,5-15,17-18,20,22H2,1-4H3;2*3,5-11H2,1H3;. The molecular formula is C57H88N2Ni. The third-order valence-electron chi connectivity index (χ3n) is 11.3. The predicted octanol–water partition coefficient (Wildman–Crippen LogP) is 17.8. The van der Waals surface area contributed by atoms with Gasteiger partial charge in [0.1, 0.15) is 0 Å². The summed E-state index contributed by atoms with van der Waals surface area (Å²) in [6.07, 6.45) is 38.5. The largest absolute Gasteiger partial charge is 0.348 e. The molecule has 0 atom stereocenters. The number of benzene rings is 2. The molecule has 0 saturated carbocycles. The normalized spacial score (nSPS) is 11.0. The fraction of sp³-hybridized carbons (Fsp3) is 0.649. The molecule has 2 rings (SSSR count).